The summed E-state index contributed by atoms with van der Waals surface area (Å²) >= 11 is 0. The molecule has 0 amide bonds. The van der Waals surface area contributed by atoms with Crippen molar-refractivity contribution in [3.63, 3.8) is 0 Å². The predicted octanol–water partition coefficient (Wildman–Crippen LogP) is -2.06. The normalized spacial score (nSPS) is 17.6. The molecule has 0 heterocycles. The Morgan fingerprint density at radius 2 is 1.22 bits per heavy atom. The second kappa shape index (κ2) is 8.04. The monoisotopic (exact) mass is 374 g/mol. The Morgan fingerprint density at radius 3 is 1.44 bits per heavy atom. The molecule has 0 aromatic rings. The molecule has 0 atom stereocenters. The third-order valence-corrected chi connectivity index (χ3v) is 7.06. The molecule has 0 bridgehead atoms. The van der Waals surface area contributed by atoms with Gasteiger partial charge in [0.25, 0.3) is 0 Å². The van der Waals surface area contributed by atoms with Crippen LogP contribution >= 0.6 is 0 Å². The fourth-order valence-corrected chi connectivity index (χ4v) is 6.16. The Labute approximate surface area is 144 Å². The average molecular weight is 377 g/mol. The zero-order chi connectivity index (χ0) is 11.1. The fourth-order valence-electron chi connectivity index (χ4n) is 2.65. The van der Waals surface area contributed by atoms with E-state index in [1.54, 1.807) is 0 Å². The van der Waals surface area contributed by atoms with Gasteiger partial charge in [0.05, 0.1) is 0 Å². The van der Waals surface area contributed by atoms with Crippen molar-refractivity contribution in [3.05, 3.63) is 45.8 Å². The number of hydrogen-bond donors (Lipinski definition) is 0. The maximum Gasteiger partial charge on any atom is 4.00 e. The molecule has 0 nitrogen and oxygen atoms in total. The van der Waals surface area contributed by atoms with Crippen LogP contribution in [0, 0.1) is 12.2 Å². The number of rotatable bonds is 2. The van der Waals surface area contributed by atoms with E-state index in [2.05, 4.69) is 51.2 Å². The van der Waals surface area contributed by atoms with Crippen LogP contribution < -0.4 is 24.8 Å². The first kappa shape index (κ1) is 20.9. The molecule has 2 rings (SSSR count). The van der Waals surface area contributed by atoms with Crippen LogP contribution in [0.3, 0.4) is 0 Å². The van der Waals surface area contributed by atoms with E-state index in [4.69, 9.17) is 0 Å². The van der Waals surface area contributed by atoms with Crippen LogP contribution in [0.1, 0.15) is 26.7 Å². The Morgan fingerprint density at radius 1 is 0.889 bits per heavy atom. The second-order valence-corrected chi connectivity index (χ2v) is 9.16. The summed E-state index contributed by atoms with van der Waals surface area (Å²) in [7, 11) is -1.49. The summed E-state index contributed by atoms with van der Waals surface area (Å²) < 4.78 is 0. The maximum absolute atomic E-state index is 3.54. The summed E-state index contributed by atoms with van der Waals surface area (Å²) in [5.41, 5.74) is 2.89. The molecule has 0 N–H and O–H groups in total. The molecule has 0 saturated carbocycles. The first-order chi connectivity index (χ1) is 7.03. The van der Waals surface area contributed by atoms with Crippen LogP contribution in [-0.2, 0) is 26.2 Å². The van der Waals surface area contributed by atoms with Crippen molar-refractivity contribution in [2.24, 2.45) is 0 Å². The zero-order valence-electron chi connectivity index (χ0n) is 11.3. The van der Waals surface area contributed by atoms with Gasteiger partial charge in [-0.15, -0.1) is 26.7 Å². The Kier molecular flexibility index (Phi) is 9.36. The summed E-state index contributed by atoms with van der Waals surface area (Å²) in [5.74, 6) is 0. The molecular weight excluding hydrogens is 358 g/mol. The number of allylic oxidation sites excluding steroid dienone is 8. The van der Waals surface area contributed by atoms with E-state index in [1.807, 2.05) is 0 Å². The molecule has 4 heteroatoms. The van der Waals surface area contributed by atoms with Crippen molar-refractivity contribution in [1.29, 1.82) is 0 Å². The van der Waals surface area contributed by atoms with Gasteiger partial charge in [0.15, 0.2) is 0 Å². The van der Waals surface area contributed by atoms with E-state index in [0.717, 1.165) is 12.8 Å². The van der Waals surface area contributed by atoms with Gasteiger partial charge < -0.3 is 24.8 Å². The molecule has 2 aliphatic rings. The van der Waals surface area contributed by atoms with Gasteiger partial charge in [-0.25, -0.2) is 21.5 Å². The number of hydrogen-bond acceptors (Lipinski definition) is 0. The van der Waals surface area contributed by atoms with Gasteiger partial charge in [0.2, 0.25) is 0 Å². The average Bonchev–Trinajstić information content (AvgIpc) is 2.73. The van der Waals surface area contributed by atoms with Gasteiger partial charge >= 0.3 is 26.2 Å². The molecule has 0 aromatic heterocycles. The zero-order valence-corrected chi connectivity index (χ0v) is 16.3. The molecular formula is C14H18Cl2SiZr. The van der Waals surface area contributed by atoms with Crippen molar-refractivity contribution in [3.8, 4) is 0 Å². The van der Waals surface area contributed by atoms with Crippen molar-refractivity contribution in [2.45, 2.75) is 39.8 Å². The third kappa shape index (κ3) is 3.82. The first-order valence-electron chi connectivity index (χ1n) is 5.60. The van der Waals surface area contributed by atoms with Gasteiger partial charge in [-0.3, -0.25) is 12.2 Å². The van der Waals surface area contributed by atoms with Gasteiger partial charge in [-0.05, 0) is 0 Å². The molecule has 2 aliphatic carbocycles. The molecule has 0 saturated heterocycles. The van der Waals surface area contributed by atoms with E-state index in [-0.39, 0.29) is 51.0 Å². The summed E-state index contributed by atoms with van der Waals surface area (Å²) in [6, 6.07) is 0. The molecule has 18 heavy (non-hydrogen) atoms. The van der Waals surface area contributed by atoms with Crippen LogP contribution in [0.5, 0.6) is 0 Å². The van der Waals surface area contributed by atoms with E-state index in [0.29, 0.717) is 0 Å². The molecule has 0 aromatic carbocycles. The van der Waals surface area contributed by atoms with Crippen LogP contribution in [0.25, 0.3) is 0 Å². The van der Waals surface area contributed by atoms with Gasteiger partial charge in [-0.1, -0.05) is 13.1 Å². The van der Waals surface area contributed by atoms with Crippen molar-refractivity contribution in [2.75, 3.05) is 0 Å². The van der Waals surface area contributed by atoms with Gasteiger partial charge in [0, 0.05) is 8.07 Å². The van der Waals surface area contributed by atoms with E-state index < -0.39 is 8.07 Å². The summed E-state index contributed by atoms with van der Waals surface area (Å²) in [6.45, 7) is 9.28. The van der Waals surface area contributed by atoms with Crippen molar-refractivity contribution < 1.29 is 51.0 Å². The minimum absolute atomic E-state index is 0. The predicted molar refractivity (Wildman–Crippen MR) is 67.7 cm³/mol. The molecule has 0 radical (unpaired) electrons. The summed E-state index contributed by atoms with van der Waals surface area (Å²) in [4.78, 5) is 0. The Hall–Kier alpha value is 0.640. The van der Waals surface area contributed by atoms with Crippen molar-refractivity contribution in [1.82, 2.24) is 0 Å². The van der Waals surface area contributed by atoms with Crippen LogP contribution in [-0.4, -0.2) is 8.07 Å². The van der Waals surface area contributed by atoms with Crippen LogP contribution in [0.4, 0.5) is 0 Å². The fraction of sp³-hybridized carbons (Fsp3) is 0.429. The standard InChI is InChI=1S/C14H18Si.2ClH.Zr/c1-11-7-5-9-13(11)15(3,4)14-10-6-8-12(14)2;;;/h7-8H,5-6H2,1-4H3;2*1H;/q-2;;;+4/p-2. The quantitative estimate of drug-likeness (QED) is 0.384. The summed E-state index contributed by atoms with van der Waals surface area (Å²) in [5, 5.41) is 3.00. The smallest absolute Gasteiger partial charge is 1.00 e. The largest absolute Gasteiger partial charge is 4.00 e. The molecule has 0 spiro atoms. The Bertz CT molecular complexity index is 380. The Balaban J connectivity index is 0. The number of halogens is 2. The van der Waals surface area contributed by atoms with E-state index in [9.17, 15) is 0 Å². The maximum atomic E-state index is 3.54. The SMILES string of the molecule is CC1=CC[C-]=C1[Si](C)(C)C1=[C-]CC=C1C.[Cl-].[Cl-].[Zr+4]. The van der Waals surface area contributed by atoms with Gasteiger partial charge in [0.1, 0.15) is 0 Å². The van der Waals surface area contributed by atoms with E-state index in [1.165, 1.54) is 21.5 Å². The molecule has 0 unspecified atom stereocenters. The van der Waals surface area contributed by atoms with E-state index >= 15 is 0 Å². The summed E-state index contributed by atoms with van der Waals surface area (Å²) in [6.07, 6.45) is 13.7. The molecule has 96 valence electrons. The van der Waals surface area contributed by atoms with Gasteiger partial charge in [-0.2, -0.15) is 12.2 Å². The molecule has 0 fully saturated rings. The van der Waals surface area contributed by atoms with Crippen LogP contribution in [0.2, 0.25) is 13.1 Å². The first-order valence-corrected chi connectivity index (χ1v) is 8.60. The third-order valence-electron chi connectivity index (χ3n) is 3.41. The second-order valence-electron chi connectivity index (χ2n) is 4.91. The van der Waals surface area contributed by atoms with Crippen LogP contribution in [0.15, 0.2) is 33.7 Å². The van der Waals surface area contributed by atoms with Crippen molar-refractivity contribution >= 4 is 8.07 Å². The topological polar surface area (TPSA) is 0 Å². The minimum atomic E-state index is -1.49. The minimum Gasteiger partial charge on any atom is -1.00 e. The molecule has 0 aliphatic heterocycles.